The molecular formula is C16H23ClIN5O2. The molecule has 1 aromatic heterocycles. The highest BCUT2D eigenvalue weighted by Crippen LogP contribution is 2.24. The third-order valence-electron chi connectivity index (χ3n) is 3.29. The Morgan fingerprint density at radius 3 is 2.72 bits per heavy atom. The second-order valence-electron chi connectivity index (χ2n) is 5.11. The van der Waals surface area contributed by atoms with Gasteiger partial charge in [-0.2, -0.15) is 4.98 Å². The van der Waals surface area contributed by atoms with Crippen LogP contribution < -0.4 is 15.4 Å². The molecule has 0 saturated heterocycles. The minimum Gasteiger partial charge on any atom is -0.487 e. The average molecular weight is 480 g/mol. The molecule has 2 aromatic rings. The van der Waals surface area contributed by atoms with E-state index in [0.717, 1.165) is 6.42 Å². The van der Waals surface area contributed by atoms with Gasteiger partial charge in [-0.15, -0.1) is 24.0 Å². The standard InChI is InChI=1S/C16H22ClN5O2.HI/c1-4-12(23-14-8-6-5-7-13(14)17)9-19-16(18-3)20-10-15-21-11(2)24-22-15;/h5-8,12H,4,9-10H2,1-3H3,(H2,18,19,20);1H. The number of para-hydroxylation sites is 1. The highest BCUT2D eigenvalue weighted by molar-refractivity contribution is 14.0. The normalized spacial score (nSPS) is 12.2. The number of hydrogen-bond acceptors (Lipinski definition) is 5. The first-order valence-corrected chi connectivity index (χ1v) is 8.15. The van der Waals surface area contributed by atoms with Gasteiger partial charge < -0.3 is 19.9 Å². The lowest BCUT2D eigenvalue weighted by molar-refractivity contribution is 0.199. The van der Waals surface area contributed by atoms with Gasteiger partial charge in [0.25, 0.3) is 0 Å². The average Bonchev–Trinajstić information content (AvgIpc) is 3.01. The molecule has 9 heteroatoms. The molecule has 0 radical (unpaired) electrons. The first-order chi connectivity index (χ1) is 11.6. The number of benzene rings is 1. The van der Waals surface area contributed by atoms with Crippen molar-refractivity contribution in [2.45, 2.75) is 32.9 Å². The molecule has 7 nitrogen and oxygen atoms in total. The number of rotatable bonds is 7. The van der Waals surface area contributed by atoms with E-state index < -0.39 is 0 Å². The summed E-state index contributed by atoms with van der Waals surface area (Å²) in [6, 6.07) is 7.44. The predicted octanol–water partition coefficient (Wildman–Crippen LogP) is 3.17. The summed E-state index contributed by atoms with van der Waals surface area (Å²) in [4.78, 5) is 8.30. The van der Waals surface area contributed by atoms with Crippen LogP contribution in [0, 0.1) is 6.92 Å². The van der Waals surface area contributed by atoms with Crippen molar-refractivity contribution in [2.24, 2.45) is 4.99 Å². The zero-order valence-electron chi connectivity index (χ0n) is 14.5. The summed E-state index contributed by atoms with van der Waals surface area (Å²) in [7, 11) is 1.70. The molecule has 0 aliphatic carbocycles. The number of nitrogens with zero attached hydrogens (tertiary/aromatic N) is 3. The molecule has 1 heterocycles. The molecule has 0 aliphatic rings. The van der Waals surface area contributed by atoms with Crippen LogP contribution in [-0.2, 0) is 6.54 Å². The quantitative estimate of drug-likeness (QED) is 0.360. The van der Waals surface area contributed by atoms with Gasteiger partial charge in [-0.05, 0) is 18.6 Å². The van der Waals surface area contributed by atoms with Crippen molar-refractivity contribution in [3.05, 3.63) is 41.0 Å². The largest absolute Gasteiger partial charge is 0.487 e. The van der Waals surface area contributed by atoms with E-state index in [1.54, 1.807) is 14.0 Å². The van der Waals surface area contributed by atoms with Crippen LogP contribution >= 0.6 is 35.6 Å². The van der Waals surface area contributed by atoms with E-state index in [4.69, 9.17) is 20.9 Å². The minimum atomic E-state index is -0.0316. The summed E-state index contributed by atoms with van der Waals surface area (Å²) < 4.78 is 10.9. The van der Waals surface area contributed by atoms with Gasteiger partial charge in [-0.1, -0.05) is 35.8 Å². The molecule has 0 aliphatic heterocycles. The lowest BCUT2D eigenvalue weighted by Gasteiger charge is -2.20. The van der Waals surface area contributed by atoms with Crippen LogP contribution in [0.15, 0.2) is 33.8 Å². The van der Waals surface area contributed by atoms with Gasteiger partial charge in [0.1, 0.15) is 11.9 Å². The van der Waals surface area contributed by atoms with E-state index in [1.807, 2.05) is 24.3 Å². The van der Waals surface area contributed by atoms with Crippen LogP contribution in [0.25, 0.3) is 0 Å². The van der Waals surface area contributed by atoms with Crippen molar-refractivity contribution in [3.8, 4) is 5.75 Å². The Labute approximate surface area is 169 Å². The second-order valence-corrected chi connectivity index (χ2v) is 5.52. The van der Waals surface area contributed by atoms with Crippen LogP contribution in [0.5, 0.6) is 5.75 Å². The van der Waals surface area contributed by atoms with Crippen LogP contribution in [0.2, 0.25) is 5.02 Å². The summed E-state index contributed by atoms with van der Waals surface area (Å²) in [6.07, 6.45) is 0.801. The molecule has 2 rings (SSSR count). The van der Waals surface area contributed by atoms with Crippen molar-refractivity contribution in [3.63, 3.8) is 0 Å². The molecule has 1 unspecified atom stereocenters. The maximum atomic E-state index is 6.13. The topological polar surface area (TPSA) is 84.6 Å². The van der Waals surface area contributed by atoms with Crippen molar-refractivity contribution in [1.29, 1.82) is 0 Å². The van der Waals surface area contributed by atoms with Gasteiger partial charge in [0, 0.05) is 14.0 Å². The van der Waals surface area contributed by atoms with Crippen molar-refractivity contribution in [2.75, 3.05) is 13.6 Å². The van der Waals surface area contributed by atoms with E-state index >= 15 is 0 Å². The van der Waals surface area contributed by atoms with Crippen molar-refractivity contribution < 1.29 is 9.26 Å². The van der Waals surface area contributed by atoms with Crippen LogP contribution in [0.4, 0.5) is 0 Å². The van der Waals surface area contributed by atoms with Crippen molar-refractivity contribution in [1.82, 2.24) is 20.8 Å². The number of nitrogens with one attached hydrogen (secondary N) is 2. The fraction of sp³-hybridized carbons (Fsp3) is 0.438. The van der Waals surface area contributed by atoms with E-state index in [1.165, 1.54) is 0 Å². The SMILES string of the molecule is CCC(CNC(=NC)NCc1noc(C)n1)Oc1ccccc1Cl.I. The summed E-state index contributed by atoms with van der Waals surface area (Å²) >= 11 is 6.13. The third-order valence-corrected chi connectivity index (χ3v) is 3.60. The Morgan fingerprint density at radius 2 is 2.12 bits per heavy atom. The Kier molecular flexibility index (Phi) is 9.58. The lowest BCUT2D eigenvalue weighted by atomic mass is 10.2. The number of hydrogen-bond donors (Lipinski definition) is 2. The van der Waals surface area contributed by atoms with Crippen LogP contribution in [0.3, 0.4) is 0 Å². The third kappa shape index (κ3) is 7.07. The van der Waals surface area contributed by atoms with Crippen LogP contribution in [-0.4, -0.2) is 35.8 Å². The first kappa shape index (κ1) is 21.5. The fourth-order valence-corrected chi connectivity index (χ4v) is 2.18. The van der Waals surface area contributed by atoms with Gasteiger partial charge in [-0.3, -0.25) is 4.99 Å². The Balaban J connectivity index is 0.00000312. The number of aromatic nitrogens is 2. The molecule has 0 spiro atoms. The van der Waals surface area contributed by atoms with Gasteiger partial charge in [0.2, 0.25) is 5.89 Å². The van der Waals surface area contributed by atoms with E-state index in [-0.39, 0.29) is 30.1 Å². The monoisotopic (exact) mass is 479 g/mol. The number of guanidine groups is 1. The van der Waals surface area contributed by atoms with Crippen molar-refractivity contribution >= 4 is 41.5 Å². The summed E-state index contributed by atoms with van der Waals surface area (Å²) in [5.41, 5.74) is 0. The van der Waals surface area contributed by atoms with E-state index in [0.29, 0.717) is 41.5 Å². The number of aryl methyl sites for hydroxylation is 1. The minimum absolute atomic E-state index is 0. The summed E-state index contributed by atoms with van der Waals surface area (Å²) in [5, 5.41) is 10.8. The number of ether oxygens (including phenoxy) is 1. The first-order valence-electron chi connectivity index (χ1n) is 7.77. The van der Waals surface area contributed by atoms with E-state index in [9.17, 15) is 0 Å². The zero-order valence-corrected chi connectivity index (χ0v) is 17.5. The highest BCUT2D eigenvalue weighted by atomic mass is 127. The Morgan fingerprint density at radius 1 is 1.36 bits per heavy atom. The van der Waals surface area contributed by atoms with Gasteiger partial charge in [0.05, 0.1) is 18.1 Å². The highest BCUT2D eigenvalue weighted by Gasteiger charge is 2.11. The maximum Gasteiger partial charge on any atom is 0.223 e. The second kappa shape index (κ2) is 11.1. The van der Waals surface area contributed by atoms with Gasteiger partial charge in [-0.25, -0.2) is 0 Å². The zero-order chi connectivity index (χ0) is 17.4. The molecule has 0 amide bonds. The molecule has 25 heavy (non-hydrogen) atoms. The number of halogens is 2. The lowest BCUT2D eigenvalue weighted by Crippen LogP contribution is -2.42. The molecule has 1 aromatic carbocycles. The molecule has 1 atom stereocenters. The molecule has 0 bridgehead atoms. The maximum absolute atomic E-state index is 6.13. The molecule has 0 fully saturated rings. The summed E-state index contributed by atoms with van der Waals surface area (Å²) in [5.74, 6) is 2.43. The molecular weight excluding hydrogens is 457 g/mol. The Bertz CT molecular complexity index is 680. The number of aliphatic imine (C=N–C) groups is 1. The molecule has 0 saturated carbocycles. The van der Waals surface area contributed by atoms with Crippen LogP contribution in [0.1, 0.15) is 25.1 Å². The summed E-state index contributed by atoms with van der Waals surface area (Å²) in [6.45, 7) is 4.83. The van der Waals surface area contributed by atoms with E-state index in [2.05, 4.69) is 32.7 Å². The fourth-order valence-electron chi connectivity index (χ4n) is 2.00. The predicted molar refractivity (Wildman–Crippen MR) is 109 cm³/mol. The molecule has 138 valence electrons. The van der Waals surface area contributed by atoms with Gasteiger partial charge >= 0.3 is 0 Å². The van der Waals surface area contributed by atoms with Gasteiger partial charge in [0.15, 0.2) is 11.8 Å². The smallest absolute Gasteiger partial charge is 0.223 e. The Hall–Kier alpha value is -1.55. The molecule has 2 N–H and O–H groups in total.